The lowest BCUT2D eigenvalue weighted by molar-refractivity contribution is 0.0278. The molecule has 0 fully saturated rings. The molecule has 0 atom stereocenters. The zero-order valence-electron chi connectivity index (χ0n) is 6.46. The molecule has 3 nitrogen and oxygen atoms in total. The second-order valence-electron chi connectivity index (χ2n) is 2.13. The van der Waals surface area contributed by atoms with Gasteiger partial charge in [-0.05, 0) is 13.8 Å². The highest BCUT2D eigenvalue weighted by Gasteiger charge is 1.91. The number of hydrogen-bond donors (Lipinski definition) is 0. The summed E-state index contributed by atoms with van der Waals surface area (Å²) in [5.74, 6) is 0. The number of nitrogens with zero attached hydrogens (tertiary/aromatic N) is 1. The van der Waals surface area contributed by atoms with E-state index in [0.29, 0.717) is 13.2 Å². The van der Waals surface area contributed by atoms with Crippen molar-refractivity contribution in [2.75, 3.05) is 19.8 Å². The van der Waals surface area contributed by atoms with Gasteiger partial charge >= 0.3 is 0 Å². The molecule has 10 heavy (non-hydrogen) atoms. The summed E-state index contributed by atoms with van der Waals surface area (Å²) >= 11 is 0. The summed E-state index contributed by atoms with van der Waals surface area (Å²) in [6.07, 6.45) is 0.241. The molecule has 0 amide bonds. The molecule has 0 aliphatic rings. The largest absolute Gasteiger partial charge is 0.376 e. The second kappa shape index (κ2) is 6.53. The minimum atomic E-state index is 0.154. The van der Waals surface area contributed by atoms with Crippen molar-refractivity contribution in [3.8, 4) is 6.07 Å². The van der Waals surface area contributed by atoms with Crippen molar-refractivity contribution in [3.63, 3.8) is 0 Å². The summed E-state index contributed by atoms with van der Waals surface area (Å²) in [4.78, 5) is 0. The van der Waals surface area contributed by atoms with E-state index in [1.54, 1.807) is 0 Å². The molecule has 58 valence electrons. The first-order valence-electron chi connectivity index (χ1n) is 3.33. The van der Waals surface area contributed by atoms with Crippen LogP contribution in [0.15, 0.2) is 0 Å². The molecule has 0 aliphatic carbocycles. The van der Waals surface area contributed by atoms with Crippen LogP contribution < -0.4 is 0 Å². The van der Waals surface area contributed by atoms with Crippen LogP contribution in [0.2, 0.25) is 0 Å². The Balaban J connectivity index is 2.86. The fourth-order valence-electron chi connectivity index (χ4n) is 0.461. The molecule has 0 aliphatic heterocycles. The van der Waals surface area contributed by atoms with Crippen LogP contribution in [0.5, 0.6) is 0 Å². The highest BCUT2D eigenvalue weighted by molar-refractivity contribution is 4.65. The number of nitriles is 1. The second-order valence-corrected chi connectivity index (χ2v) is 2.13. The average Bonchev–Trinajstić information content (AvgIpc) is 1.87. The van der Waals surface area contributed by atoms with Crippen LogP contribution in [0.25, 0.3) is 0 Å². The molecule has 0 bridgehead atoms. The van der Waals surface area contributed by atoms with Gasteiger partial charge in [-0.1, -0.05) is 0 Å². The van der Waals surface area contributed by atoms with Gasteiger partial charge in [-0.15, -0.1) is 0 Å². The molecule has 0 unspecified atom stereocenters. The maximum atomic E-state index is 8.06. The summed E-state index contributed by atoms with van der Waals surface area (Å²) in [6, 6.07) is 1.88. The van der Waals surface area contributed by atoms with Crippen LogP contribution in [0.4, 0.5) is 0 Å². The van der Waals surface area contributed by atoms with Crippen LogP contribution in [0.1, 0.15) is 13.8 Å². The van der Waals surface area contributed by atoms with Gasteiger partial charge in [0.05, 0.1) is 25.4 Å². The van der Waals surface area contributed by atoms with E-state index < -0.39 is 0 Å². The standard InChI is InChI=1S/C7H13NO2/c1-7(2)10-6-5-9-4-3-8/h7H,4-6H2,1-2H3. The highest BCUT2D eigenvalue weighted by atomic mass is 16.5. The Kier molecular flexibility index (Phi) is 6.14. The number of hydrogen-bond acceptors (Lipinski definition) is 3. The fraction of sp³-hybridized carbons (Fsp3) is 0.857. The molecule has 0 aromatic carbocycles. The summed E-state index contributed by atoms with van der Waals surface area (Å²) in [5.41, 5.74) is 0. The van der Waals surface area contributed by atoms with Gasteiger partial charge < -0.3 is 9.47 Å². The van der Waals surface area contributed by atoms with Crippen LogP contribution >= 0.6 is 0 Å². The van der Waals surface area contributed by atoms with Crippen molar-refractivity contribution in [3.05, 3.63) is 0 Å². The minimum absolute atomic E-state index is 0.154. The zero-order chi connectivity index (χ0) is 7.82. The van der Waals surface area contributed by atoms with E-state index in [0.717, 1.165) is 0 Å². The summed E-state index contributed by atoms with van der Waals surface area (Å²) in [7, 11) is 0. The number of rotatable bonds is 5. The maximum Gasteiger partial charge on any atom is 0.133 e. The molecule has 3 heteroatoms. The molecule has 0 spiro atoms. The molecule has 0 heterocycles. The normalized spacial score (nSPS) is 9.80. The highest BCUT2D eigenvalue weighted by Crippen LogP contribution is 1.86. The van der Waals surface area contributed by atoms with E-state index in [1.165, 1.54) is 0 Å². The monoisotopic (exact) mass is 143 g/mol. The van der Waals surface area contributed by atoms with Gasteiger partial charge in [0.1, 0.15) is 6.61 Å². The summed E-state index contributed by atoms with van der Waals surface area (Å²) < 4.78 is 10.0. The molecule has 0 aromatic rings. The van der Waals surface area contributed by atoms with Gasteiger partial charge in [-0.3, -0.25) is 0 Å². The lowest BCUT2D eigenvalue weighted by Crippen LogP contribution is -2.09. The van der Waals surface area contributed by atoms with E-state index >= 15 is 0 Å². The van der Waals surface area contributed by atoms with Gasteiger partial charge in [0.2, 0.25) is 0 Å². The molecular formula is C7H13NO2. The Labute approximate surface area is 61.5 Å². The van der Waals surface area contributed by atoms with E-state index in [1.807, 2.05) is 19.9 Å². The van der Waals surface area contributed by atoms with Crippen molar-refractivity contribution >= 4 is 0 Å². The van der Waals surface area contributed by atoms with Crippen molar-refractivity contribution < 1.29 is 9.47 Å². The van der Waals surface area contributed by atoms with Crippen molar-refractivity contribution in [1.82, 2.24) is 0 Å². The molecule has 0 aromatic heterocycles. The molecule has 0 rings (SSSR count). The van der Waals surface area contributed by atoms with Gasteiger partial charge in [0.15, 0.2) is 0 Å². The van der Waals surface area contributed by atoms with E-state index in [2.05, 4.69) is 0 Å². The zero-order valence-corrected chi connectivity index (χ0v) is 6.46. The Morgan fingerprint density at radius 2 is 2.10 bits per heavy atom. The van der Waals surface area contributed by atoms with E-state index in [-0.39, 0.29) is 12.7 Å². The number of ether oxygens (including phenoxy) is 2. The average molecular weight is 143 g/mol. The molecule has 0 saturated heterocycles. The topological polar surface area (TPSA) is 42.2 Å². The Bertz CT molecular complexity index is 107. The first-order valence-corrected chi connectivity index (χ1v) is 3.33. The van der Waals surface area contributed by atoms with Gasteiger partial charge in [0, 0.05) is 0 Å². The SMILES string of the molecule is CC(C)OCCOCC#N. The molecule has 0 N–H and O–H groups in total. The third-order valence-electron chi connectivity index (χ3n) is 0.845. The summed E-state index contributed by atoms with van der Waals surface area (Å²) in [5, 5.41) is 8.06. The Hall–Kier alpha value is -0.590. The maximum absolute atomic E-state index is 8.06. The van der Waals surface area contributed by atoms with Crippen LogP contribution in [-0.4, -0.2) is 25.9 Å². The predicted octanol–water partition coefficient (Wildman–Crippen LogP) is 0.952. The van der Waals surface area contributed by atoms with Gasteiger partial charge in [-0.25, -0.2) is 0 Å². The lowest BCUT2D eigenvalue weighted by atomic mass is 10.5. The van der Waals surface area contributed by atoms with Crippen LogP contribution in [-0.2, 0) is 9.47 Å². The molecule has 0 radical (unpaired) electrons. The van der Waals surface area contributed by atoms with Gasteiger partial charge in [0.25, 0.3) is 0 Å². The third kappa shape index (κ3) is 7.41. The van der Waals surface area contributed by atoms with E-state index in [9.17, 15) is 0 Å². The van der Waals surface area contributed by atoms with Crippen molar-refractivity contribution in [1.29, 1.82) is 5.26 Å². The van der Waals surface area contributed by atoms with E-state index in [4.69, 9.17) is 14.7 Å². The first-order chi connectivity index (χ1) is 4.77. The predicted molar refractivity (Wildman–Crippen MR) is 37.5 cm³/mol. The lowest BCUT2D eigenvalue weighted by Gasteiger charge is -2.05. The van der Waals surface area contributed by atoms with Crippen molar-refractivity contribution in [2.24, 2.45) is 0 Å². The Morgan fingerprint density at radius 1 is 1.40 bits per heavy atom. The first kappa shape index (κ1) is 9.41. The van der Waals surface area contributed by atoms with Gasteiger partial charge in [-0.2, -0.15) is 5.26 Å². The fourth-order valence-corrected chi connectivity index (χ4v) is 0.461. The molecule has 0 saturated carbocycles. The van der Waals surface area contributed by atoms with Crippen LogP contribution in [0, 0.1) is 11.3 Å². The van der Waals surface area contributed by atoms with Crippen LogP contribution in [0.3, 0.4) is 0 Å². The third-order valence-corrected chi connectivity index (χ3v) is 0.845. The quantitative estimate of drug-likeness (QED) is 0.538. The van der Waals surface area contributed by atoms with Crippen molar-refractivity contribution in [2.45, 2.75) is 20.0 Å². The Morgan fingerprint density at radius 3 is 2.60 bits per heavy atom. The summed E-state index contributed by atoms with van der Waals surface area (Å²) in [6.45, 7) is 5.15. The smallest absolute Gasteiger partial charge is 0.133 e. The molecular weight excluding hydrogens is 130 g/mol. The minimum Gasteiger partial charge on any atom is -0.376 e.